The van der Waals surface area contributed by atoms with E-state index < -0.39 is 17.0 Å². The fraction of sp³-hybridized carbons (Fsp3) is 0.500. The normalized spacial score (nSPS) is 21.6. The summed E-state index contributed by atoms with van der Waals surface area (Å²) in [5.74, 6) is -1.54. The number of carbonyl (C=O) groups excluding carboxylic acids is 2. The van der Waals surface area contributed by atoms with Crippen LogP contribution in [0.15, 0.2) is 18.2 Å². The first-order valence-corrected chi connectivity index (χ1v) is 8.07. The smallest absolute Gasteiger partial charge is 0.330 e. The van der Waals surface area contributed by atoms with E-state index in [-0.39, 0.29) is 23.7 Å². The van der Waals surface area contributed by atoms with Gasteiger partial charge in [0.1, 0.15) is 11.6 Å². The molecule has 1 unspecified atom stereocenters. The molecular formula is C16H20F2N4O2. The minimum absolute atomic E-state index is 0.165. The molecule has 8 heteroatoms. The van der Waals surface area contributed by atoms with E-state index in [4.69, 9.17) is 0 Å². The van der Waals surface area contributed by atoms with Crippen LogP contribution in [0, 0.1) is 11.6 Å². The summed E-state index contributed by atoms with van der Waals surface area (Å²) in [5.41, 5.74) is 4.59. The summed E-state index contributed by atoms with van der Waals surface area (Å²) in [7, 11) is 0. The van der Waals surface area contributed by atoms with E-state index in [1.807, 2.05) is 0 Å². The number of urea groups is 1. The number of halogens is 2. The van der Waals surface area contributed by atoms with Gasteiger partial charge in [-0.15, -0.1) is 0 Å². The Bertz CT molecular complexity index is 649. The zero-order valence-electron chi connectivity index (χ0n) is 13.1. The predicted molar refractivity (Wildman–Crippen MR) is 82.7 cm³/mol. The third-order valence-electron chi connectivity index (χ3n) is 4.71. The van der Waals surface area contributed by atoms with Crippen molar-refractivity contribution in [1.82, 2.24) is 21.5 Å². The van der Waals surface area contributed by atoms with E-state index in [1.165, 1.54) is 12.1 Å². The van der Waals surface area contributed by atoms with Gasteiger partial charge in [-0.3, -0.25) is 10.2 Å². The van der Waals surface area contributed by atoms with Crippen molar-refractivity contribution in [2.45, 2.75) is 43.7 Å². The Kier molecular flexibility index (Phi) is 4.66. The quantitative estimate of drug-likeness (QED) is 0.592. The molecule has 1 aromatic carbocycles. The molecular weight excluding hydrogens is 318 g/mol. The van der Waals surface area contributed by atoms with Gasteiger partial charge in [0.15, 0.2) is 0 Å². The molecule has 1 saturated carbocycles. The summed E-state index contributed by atoms with van der Waals surface area (Å²) >= 11 is 0. The Balaban J connectivity index is 1.55. The lowest BCUT2D eigenvalue weighted by Crippen LogP contribution is -2.50. The lowest BCUT2D eigenvalue weighted by atomic mass is 9.63. The van der Waals surface area contributed by atoms with Crippen LogP contribution in [0.5, 0.6) is 0 Å². The van der Waals surface area contributed by atoms with Crippen LogP contribution in [0.25, 0.3) is 0 Å². The van der Waals surface area contributed by atoms with Crippen molar-refractivity contribution >= 4 is 11.9 Å². The zero-order valence-corrected chi connectivity index (χ0v) is 13.1. The van der Waals surface area contributed by atoms with Gasteiger partial charge in [0, 0.05) is 18.2 Å². The molecule has 1 atom stereocenters. The van der Waals surface area contributed by atoms with Crippen LogP contribution in [-0.4, -0.2) is 24.6 Å². The summed E-state index contributed by atoms with van der Waals surface area (Å²) in [6.45, 7) is 0.428. The number of amides is 3. The molecule has 1 heterocycles. The Morgan fingerprint density at radius 3 is 2.71 bits per heavy atom. The van der Waals surface area contributed by atoms with Crippen molar-refractivity contribution in [3.63, 3.8) is 0 Å². The second-order valence-electron chi connectivity index (χ2n) is 6.25. The van der Waals surface area contributed by atoms with E-state index in [0.29, 0.717) is 32.2 Å². The highest BCUT2D eigenvalue weighted by Gasteiger charge is 2.47. The van der Waals surface area contributed by atoms with Gasteiger partial charge in [-0.05, 0) is 31.7 Å². The van der Waals surface area contributed by atoms with Gasteiger partial charge in [0.05, 0.1) is 11.6 Å². The molecule has 0 spiro atoms. The van der Waals surface area contributed by atoms with Gasteiger partial charge in [-0.2, -0.15) is 0 Å². The number of hydrogen-bond acceptors (Lipinski definition) is 3. The lowest BCUT2D eigenvalue weighted by molar-refractivity contribution is -0.130. The standard InChI is InChI=1S/C16H20F2N4O2/c17-10-4-5-11(12(18)9-10)16(6-2-7-16)14(23)19-8-1-3-13-20-15(24)22-21-13/h4-5,9,13,21H,1-3,6-8H2,(H,19,23)(H2,20,22,24). The molecule has 1 saturated heterocycles. The van der Waals surface area contributed by atoms with Crippen molar-refractivity contribution in [2.75, 3.05) is 6.54 Å². The molecule has 0 radical (unpaired) electrons. The van der Waals surface area contributed by atoms with Crippen molar-refractivity contribution in [3.05, 3.63) is 35.4 Å². The topological polar surface area (TPSA) is 82.3 Å². The van der Waals surface area contributed by atoms with Crippen LogP contribution in [0.3, 0.4) is 0 Å². The van der Waals surface area contributed by atoms with E-state index >= 15 is 0 Å². The zero-order chi connectivity index (χ0) is 17.2. The second-order valence-corrected chi connectivity index (χ2v) is 6.25. The second kappa shape index (κ2) is 6.72. The van der Waals surface area contributed by atoms with E-state index in [0.717, 1.165) is 12.5 Å². The van der Waals surface area contributed by atoms with Gasteiger partial charge in [-0.1, -0.05) is 12.5 Å². The van der Waals surface area contributed by atoms with E-state index in [1.54, 1.807) is 0 Å². The Hall–Kier alpha value is -2.22. The lowest BCUT2D eigenvalue weighted by Gasteiger charge is -2.40. The summed E-state index contributed by atoms with van der Waals surface area (Å²) in [4.78, 5) is 23.5. The highest BCUT2D eigenvalue weighted by molar-refractivity contribution is 5.89. The number of nitrogens with one attached hydrogen (secondary N) is 4. The molecule has 0 bridgehead atoms. The molecule has 0 aromatic heterocycles. The Morgan fingerprint density at radius 1 is 1.33 bits per heavy atom. The summed E-state index contributed by atoms with van der Waals surface area (Å²) in [6.07, 6.45) is 3.11. The number of carbonyl (C=O) groups is 2. The molecule has 1 aromatic rings. The fourth-order valence-corrected chi connectivity index (χ4v) is 3.23. The fourth-order valence-electron chi connectivity index (χ4n) is 3.23. The highest BCUT2D eigenvalue weighted by atomic mass is 19.1. The van der Waals surface area contributed by atoms with Crippen molar-refractivity contribution in [2.24, 2.45) is 0 Å². The average Bonchev–Trinajstić information content (AvgIpc) is 2.90. The highest BCUT2D eigenvalue weighted by Crippen LogP contribution is 2.45. The third kappa shape index (κ3) is 3.19. The van der Waals surface area contributed by atoms with Crippen molar-refractivity contribution < 1.29 is 18.4 Å². The molecule has 2 aliphatic rings. The van der Waals surface area contributed by atoms with Gasteiger partial charge in [0.25, 0.3) is 0 Å². The third-order valence-corrected chi connectivity index (χ3v) is 4.71. The van der Waals surface area contributed by atoms with Crippen LogP contribution < -0.4 is 21.5 Å². The largest absolute Gasteiger partial charge is 0.355 e. The van der Waals surface area contributed by atoms with Crippen molar-refractivity contribution in [1.29, 1.82) is 0 Å². The Labute approximate surface area is 138 Å². The average molecular weight is 338 g/mol. The molecule has 24 heavy (non-hydrogen) atoms. The van der Waals surface area contributed by atoms with Crippen LogP contribution in [-0.2, 0) is 10.2 Å². The minimum Gasteiger partial charge on any atom is -0.355 e. The van der Waals surface area contributed by atoms with Gasteiger partial charge >= 0.3 is 6.03 Å². The molecule has 4 N–H and O–H groups in total. The van der Waals surface area contributed by atoms with Crippen LogP contribution in [0.2, 0.25) is 0 Å². The van der Waals surface area contributed by atoms with E-state index in [2.05, 4.69) is 21.5 Å². The number of hydrogen-bond donors (Lipinski definition) is 4. The van der Waals surface area contributed by atoms with Crippen LogP contribution >= 0.6 is 0 Å². The molecule has 6 nitrogen and oxygen atoms in total. The summed E-state index contributed by atoms with van der Waals surface area (Å²) < 4.78 is 27.2. The van der Waals surface area contributed by atoms with Crippen LogP contribution in [0.1, 0.15) is 37.7 Å². The van der Waals surface area contributed by atoms with Crippen molar-refractivity contribution in [3.8, 4) is 0 Å². The Morgan fingerprint density at radius 2 is 2.12 bits per heavy atom. The first-order valence-electron chi connectivity index (χ1n) is 8.07. The molecule has 1 aliphatic heterocycles. The molecule has 3 rings (SSSR count). The number of benzene rings is 1. The predicted octanol–water partition coefficient (Wildman–Crippen LogP) is 1.43. The SMILES string of the molecule is O=C1NNC(CCCNC(=O)C2(c3ccc(F)cc3F)CCC2)N1. The maximum atomic E-state index is 14.1. The molecule has 130 valence electrons. The number of hydrazine groups is 1. The number of rotatable bonds is 6. The molecule has 3 amide bonds. The summed E-state index contributed by atoms with van der Waals surface area (Å²) in [6, 6.07) is 3.11. The minimum atomic E-state index is -0.890. The van der Waals surface area contributed by atoms with Gasteiger partial charge < -0.3 is 10.6 Å². The summed E-state index contributed by atoms with van der Waals surface area (Å²) in [5, 5.41) is 5.51. The first kappa shape index (κ1) is 16.6. The first-order chi connectivity index (χ1) is 11.5. The van der Waals surface area contributed by atoms with Crippen LogP contribution in [0.4, 0.5) is 13.6 Å². The van der Waals surface area contributed by atoms with Gasteiger partial charge in [-0.25, -0.2) is 19.0 Å². The monoisotopic (exact) mass is 338 g/mol. The van der Waals surface area contributed by atoms with Gasteiger partial charge in [0.2, 0.25) is 5.91 Å². The maximum absolute atomic E-state index is 14.1. The molecule has 2 fully saturated rings. The molecule has 1 aliphatic carbocycles. The maximum Gasteiger partial charge on any atom is 0.330 e. The van der Waals surface area contributed by atoms with E-state index in [9.17, 15) is 18.4 Å².